The average Bonchev–Trinajstić information content (AvgIpc) is 3.20. The van der Waals surface area contributed by atoms with Crippen LogP contribution in [0.5, 0.6) is 0 Å². The number of aliphatic imine (C=N–C) groups is 1. The monoisotopic (exact) mass is 366 g/mol. The summed E-state index contributed by atoms with van der Waals surface area (Å²) in [6.45, 7) is 5.51. The van der Waals surface area contributed by atoms with Gasteiger partial charge in [0.1, 0.15) is 0 Å². The number of guanidine groups is 1. The summed E-state index contributed by atoms with van der Waals surface area (Å²) in [7, 11) is 4.07. The fourth-order valence-corrected chi connectivity index (χ4v) is 2.12. The van der Waals surface area contributed by atoms with E-state index in [1.54, 1.807) is 0 Å². The second-order valence-electron chi connectivity index (χ2n) is 5.66. The van der Waals surface area contributed by atoms with Gasteiger partial charge in [-0.3, -0.25) is 9.89 Å². The zero-order chi connectivity index (χ0) is 12.4. The molecule has 0 spiro atoms. The van der Waals surface area contributed by atoms with Crippen molar-refractivity contribution in [1.29, 1.82) is 0 Å². The number of halogens is 1. The molecule has 0 saturated heterocycles. The number of nitrogens with zero attached hydrogens (tertiary/aromatic N) is 2. The molecular formula is C13H27IN4. The van der Waals surface area contributed by atoms with Gasteiger partial charge in [-0.1, -0.05) is 6.92 Å². The molecule has 0 amide bonds. The van der Waals surface area contributed by atoms with Crippen LogP contribution >= 0.6 is 24.0 Å². The Morgan fingerprint density at radius 2 is 2.06 bits per heavy atom. The highest BCUT2D eigenvalue weighted by Gasteiger charge is 2.33. The van der Waals surface area contributed by atoms with Crippen LogP contribution in [0.3, 0.4) is 0 Å². The standard InChI is InChI=1S/C13H26N4.HI/c1-9-7-12(9)16-13(14-3)15-8-10(2)17(4)11-5-6-11;/h9-12H,5-8H2,1-4H3,(H2,14,15,16);1H. The maximum Gasteiger partial charge on any atom is 0.191 e. The number of rotatable bonds is 5. The molecule has 2 aliphatic rings. The van der Waals surface area contributed by atoms with Crippen LogP contribution in [0.25, 0.3) is 0 Å². The largest absolute Gasteiger partial charge is 0.355 e. The summed E-state index contributed by atoms with van der Waals surface area (Å²) >= 11 is 0. The summed E-state index contributed by atoms with van der Waals surface area (Å²) in [6, 6.07) is 2.03. The molecule has 106 valence electrons. The average molecular weight is 366 g/mol. The predicted molar refractivity (Wildman–Crippen MR) is 87.7 cm³/mol. The van der Waals surface area contributed by atoms with Gasteiger partial charge in [0.15, 0.2) is 5.96 Å². The molecule has 3 unspecified atom stereocenters. The SMILES string of the molecule is CN=C(NCC(C)N(C)C1CC1)NC1CC1C.I. The Labute approximate surface area is 128 Å². The normalized spacial score (nSPS) is 28.6. The Morgan fingerprint density at radius 1 is 1.44 bits per heavy atom. The van der Waals surface area contributed by atoms with Crippen LogP contribution in [0.4, 0.5) is 0 Å². The third-order valence-corrected chi connectivity index (χ3v) is 4.04. The third-order valence-electron chi connectivity index (χ3n) is 4.04. The lowest BCUT2D eigenvalue weighted by atomic mass is 10.3. The van der Waals surface area contributed by atoms with Crippen molar-refractivity contribution in [3.63, 3.8) is 0 Å². The Morgan fingerprint density at radius 3 is 2.50 bits per heavy atom. The minimum Gasteiger partial charge on any atom is -0.355 e. The van der Waals surface area contributed by atoms with Gasteiger partial charge in [-0.25, -0.2) is 0 Å². The van der Waals surface area contributed by atoms with Crippen LogP contribution in [-0.4, -0.2) is 49.6 Å². The van der Waals surface area contributed by atoms with Gasteiger partial charge in [0.25, 0.3) is 0 Å². The Bertz CT molecular complexity index is 291. The van der Waals surface area contributed by atoms with E-state index in [9.17, 15) is 0 Å². The minimum absolute atomic E-state index is 0. The first-order chi connectivity index (χ1) is 8.11. The van der Waals surface area contributed by atoms with Gasteiger partial charge >= 0.3 is 0 Å². The summed E-state index contributed by atoms with van der Waals surface area (Å²) < 4.78 is 0. The van der Waals surface area contributed by atoms with Crippen molar-refractivity contribution in [1.82, 2.24) is 15.5 Å². The number of hydrogen-bond donors (Lipinski definition) is 2. The topological polar surface area (TPSA) is 39.7 Å². The summed E-state index contributed by atoms with van der Waals surface area (Å²) in [5.74, 6) is 1.76. The lowest BCUT2D eigenvalue weighted by molar-refractivity contribution is 0.247. The molecule has 0 bridgehead atoms. The number of hydrogen-bond acceptors (Lipinski definition) is 2. The van der Waals surface area contributed by atoms with Crippen molar-refractivity contribution in [2.45, 2.75) is 51.2 Å². The number of likely N-dealkylation sites (N-methyl/N-ethyl adjacent to an activating group) is 1. The molecule has 18 heavy (non-hydrogen) atoms. The van der Waals surface area contributed by atoms with E-state index in [4.69, 9.17) is 0 Å². The van der Waals surface area contributed by atoms with Crippen molar-refractivity contribution in [3.05, 3.63) is 0 Å². The van der Waals surface area contributed by atoms with E-state index in [-0.39, 0.29) is 24.0 Å². The fraction of sp³-hybridized carbons (Fsp3) is 0.923. The molecule has 0 aromatic carbocycles. The summed E-state index contributed by atoms with van der Waals surface area (Å²) in [4.78, 5) is 6.74. The van der Waals surface area contributed by atoms with E-state index in [0.717, 1.165) is 24.5 Å². The maximum atomic E-state index is 4.27. The molecule has 0 aromatic heterocycles. The highest BCUT2D eigenvalue weighted by molar-refractivity contribution is 14.0. The lowest BCUT2D eigenvalue weighted by Gasteiger charge is -2.25. The van der Waals surface area contributed by atoms with Crippen LogP contribution in [0.1, 0.15) is 33.1 Å². The molecule has 5 heteroatoms. The molecular weight excluding hydrogens is 339 g/mol. The van der Waals surface area contributed by atoms with E-state index in [0.29, 0.717) is 12.1 Å². The molecule has 0 heterocycles. The zero-order valence-electron chi connectivity index (χ0n) is 11.9. The van der Waals surface area contributed by atoms with E-state index in [1.807, 2.05) is 7.05 Å². The van der Waals surface area contributed by atoms with Crippen molar-refractivity contribution < 1.29 is 0 Å². The maximum absolute atomic E-state index is 4.27. The Hall–Kier alpha value is -0.0400. The molecule has 2 rings (SSSR count). The summed E-state index contributed by atoms with van der Waals surface area (Å²) in [5.41, 5.74) is 0. The second kappa shape index (κ2) is 6.93. The van der Waals surface area contributed by atoms with Crippen molar-refractivity contribution in [2.24, 2.45) is 10.9 Å². The highest BCUT2D eigenvalue weighted by Crippen LogP contribution is 2.29. The van der Waals surface area contributed by atoms with Crippen molar-refractivity contribution >= 4 is 29.9 Å². The van der Waals surface area contributed by atoms with Gasteiger partial charge in [0.2, 0.25) is 0 Å². The van der Waals surface area contributed by atoms with Crippen molar-refractivity contribution in [3.8, 4) is 0 Å². The zero-order valence-corrected chi connectivity index (χ0v) is 14.3. The number of nitrogens with one attached hydrogen (secondary N) is 2. The van der Waals surface area contributed by atoms with Gasteiger partial charge in [-0.15, -0.1) is 24.0 Å². The fourth-order valence-electron chi connectivity index (χ4n) is 2.12. The first kappa shape index (κ1) is 16.0. The molecule has 2 aliphatic carbocycles. The van der Waals surface area contributed by atoms with Crippen LogP contribution in [0.15, 0.2) is 4.99 Å². The lowest BCUT2D eigenvalue weighted by Crippen LogP contribution is -2.46. The van der Waals surface area contributed by atoms with Gasteiger partial charge in [-0.05, 0) is 39.2 Å². The minimum atomic E-state index is 0. The molecule has 3 atom stereocenters. The van der Waals surface area contributed by atoms with Crippen LogP contribution in [0.2, 0.25) is 0 Å². The van der Waals surface area contributed by atoms with Crippen LogP contribution in [-0.2, 0) is 0 Å². The van der Waals surface area contributed by atoms with Gasteiger partial charge in [0, 0.05) is 31.7 Å². The van der Waals surface area contributed by atoms with E-state index >= 15 is 0 Å². The van der Waals surface area contributed by atoms with E-state index < -0.39 is 0 Å². The molecule has 2 N–H and O–H groups in total. The van der Waals surface area contributed by atoms with E-state index in [1.165, 1.54) is 19.3 Å². The van der Waals surface area contributed by atoms with Crippen molar-refractivity contribution in [2.75, 3.05) is 20.6 Å². The van der Waals surface area contributed by atoms with Crippen LogP contribution < -0.4 is 10.6 Å². The molecule has 0 aromatic rings. The highest BCUT2D eigenvalue weighted by atomic mass is 127. The summed E-state index contributed by atoms with van der Waals surface area (Å²) in [6.07, 6.45) is 4.01. The van der Waals surface area contributed by atoms with Crippen LogP contribution in [0, 0.1) is 5.92 Å². The smallest absolute Gasteiger partial charge is 0.191 e. The van der Waals surface area contributed by atoms with Gasteiger partial charge in [0.05, 0.1) is 0 Å². The predicted octanol–water partition coefficient (Wildman–Crippen LogP) is 1.66. The Kier molecular flexibility index (Phi) is 6.17. The van der Waals surface area contributed by atoms with Gasteiger partial charge in [-0.2, -0.15) is 0 Å². The van der Waals surface area contributed by atoms with Gasteiger partial charge < -0.3 is 10.6 Å². The second-order valence-corrected chi connectivity index (χ2v) is 5.66. The molecule has 4 nitrogen and oxygen atoms in total. The first-order valence-electron chi connectivity index (χ1n) is 6.81. The third kappa shape index (κ3) is 4.57. The summed E-state index contributed by atoms with van der Waals surface area (Å²) in [5, 5.41) is 6.87. The van der Waals surface area contributed by atoms with E-state index in [2.05, 4.69) is 41.4 Å². The molecule has 0 radical (unpaired) electrons. The quantitative estimate of drug-likeness (QED) is 0.442. The molecule has 2 saturated carbocycles. The molecule has 2 fully saturated rings. The first-order valence-corrected chi connectivity index (χ1v) is 6.81. The molecule has 0 aliphatic heterocycles. The Balaban J connectivity index is 0.00000162.